The van der Waals surface area contributed by atoms with Crippen molar-refractivity contribution in [3.63, 3.8) is 0 Å². The number of benzene rings is 1. The minimum atomic E-state index is 0.717. The third kappa shape index (κ3) is 1.29. The van der Waals surface area contributed by atoms with Gasteiger partial charge in [0.1, 0.15) is 5.69 Å². The lowest BCUT2D eigenvalue weighted by Crippen LogP contribution is -2.09. The molecular weight excluding hydrogens is 184 g/mol. The van der Waals surface area contributed by atoms with Crippen LogP contribution in [0.1, 0.15) is 18.2 Å². The highest BCUT2D eigenvalue weighted by Crippen LogP contribution is 2.24. The zero-order valence-electron chi connectivity index (χ0n) is 8.57. The van der Waals surface area contributed by atoms with Crippen molar-refractivity contribution in [3.8, 4) is 12.3 Å². The molecule has 0 saturated heterocycles. The van der Waals surface area contributed by atoms with E-state index in [0.717, 1.165) is 16.5 Å². The van der Waals surface area contributed by atoms with Gasteiger partial charge < -0.3 is 5.84 Å². The van der Waals surface area contributed by atoms with Gasteiger partial charge in [0.2, 0.25) is 0 Å². The molecule has 0 unspecified atom stereocenters. The first-order chi connectivity index (χ1) is 7.29. The Hall–Kier alpha value is -2.14. The summed E-state index contributed by atoms with van der Waals surface area (Å²) in [6.45, 7) is 1.96. The van der Waals surface area contributed by atoms with Gasteiger partial charge in [-0.2, -0.15) is 0 Å². The Labute approximate surface area is 89.0 Å². The number of fused-ring (bicyclic) bond motifs is 1. The summed E-state index contributed by atoms with van der Waals surface area (Å²) in [5.74, 6) is 8.55. The number of rotatable bonds is 1. The van der Waals surface area contributed by atoms with Crippen LogP contribution in [0.25, 0.3) is 17.0 Å². The molecule has 2 heteroatoms. The van der Waals surface area contributed by atoms with Crippen LogP contribution < -0.4 is 5.84 Å². The number of terminal acetylenes is 1. The summed E-state index contributed by atoms with van der Waals surface area (Å²) in [7, 11) is 0. The van der Waals surface area contributed by atoms with Gasteiger partial charge in [0, 0.05) is 10.9 Å². The van der Waals surface area contributed by atoms with Crippen LogP contribution in [-0.4, -0.2) is 4.68 Å². The average Bonchev–Trinajstić information content (AvgIpc) is 2.54. The van der Waals surface area contributed by atoms with Gasteiger partial charge in [-0.1, -0.05) is 30.4 Å². The Morgan fingerprint density at radius 2 is 2.13 bits per heavy atom. The standard InChI is InChI=1S/C13H12N2/c1-3-7-10-11-8-5-6-9-13(11)15(14)12(10)4-2/h2-3,5-9H,14H2,1H3/b7-3-. The fourth-order valence-corrected chi connectivity index (χ4v) is 1.77. The fraction of sp³-hybridized carbons (Fsp3) is 0.0769. The molecule has 0 atom stereocenters. The van der Waals surface area contributed by atoms with E-state index in [0.29, 0.717) is 5.69 Å². The topological polar surface area (TPSA) is 30.9 Å². The SMILES string of the molecule is C#Cc1c(/C=C\C)c2ccccc2n1N. The summed E-state index contributed by atoms with van der Waals surface area (Å²) in [6.07, 6.45) is 9.41. The van der Waals surface area contributed by atoms with Crippen LogP contribution in [0.15, 0.2) is 30.3 Å². The van der Waals surface area contributed by atoms with Gasteiger partial charge in [-0.3, -0.25) is 4.68 Å². The first kappa shape index (κ1) is 9.42. The molecule has 1 heterocycles. The van der Waals surface area contributed by atoms with Crippen molar-refractivity contribution < 1.29 is 0 Å². The molecule has 0 aliphatic carbocycles. The molecule has 0 spiro atoms. The molecule has 2 N–H and O–H groups in total. The molecule has 1 aromatic carbocycles. The molecule has 0 bridgehead atoms. The molecular formula is C13H12N2. The highest BCUT2D eigenvalue weighted by molar-refractivity contribution is 5.92. The number of allylic oxidation sites excluding steroid dienone is 1. The monoisotopic (exact) mass is 196 g/mol. The van der Waals surface area contributed by atoms with E-state index in [2.05, 4.69) is 5.92 Å². The van der Waals surface area contributed by atoms with Crippen molar-refractivity contribution >= 4 is 17.0 Å². The van der Waals surface area contributed by atoms with Crippen LogP contribution in [0.4, 0.5) is 0 Å². The summed E-state index contributed by atoms with van der Waals surface area (Å²) in [4.78, 5) is 0. The van der Waals surface area contributed by atoms with E-state index in [1.54, 1.807) is 4.68 Å². The number of aromatic nitrogens is 1. The molecule has 0 aliphatic heterocycles. The van der Waals surface area contributed by atoms with Gasteiger partial charge in [-0.15, -0.1) is 6.42 Å². The number of hydrogen-bond acceptors (Lipinski definition) is 1. The van der Waals surface area contributed by atoms with E-state index in [4.69, 9.17) is 12.3 Å². The predicted molar refractivity (Wildman–Crippen MR) is 64.7 cm³/mol. The molecule has 0 radical (unpaired) electrons. The quantitative estimate of drug-likeness (QED) is 0.551. The van der Waals surface area contributed by atoms with Crippen molar-refractivity contribution in [1.29, 1.82) is 0 Å². The summed E-state index contributed by atoms with van der Waals surface area (Å²) in [6, 6.07) is 7.92. The van der Waals surface area contributed by atoms with Crippen LogP contribution in [0.2, 0.25) is 0 Å². The number of hydrogen-bond donors (Lipinski definition) is 1. The summed E-state index contributed by atoms with van der Waals surface area (Å²) in [5.41, 5.74) is 2.69. The molecule has 0 aliphatic rings. The zero-order valence-corrected chi connectivity index (χ0v) is 8.57. The van der Waals surface area contributed by atoms with Crippen LogP contribution in [-0.2, 0) is 0 Å². The lowest BCUT2D eigenvalue weighted by molar-refractivity contribution is 1.04. The molecule has 2 rings (SSSR count). The van der Waals surface area contributed by atoms with E-state index in [1.165, 1.54) is 0 Å². The summed E-state index contributed by atoms with van der Waals surface area (Å²) in [5, 5.41) is 1.09. The first-order valence-corrected chi connectivity index (χ1v) is 4.77. The number of nitrogen functional groups attached to an aromatic ring is 1. The third-order valence-electron chi connectivity index (χ3n) is 2.42. The zero-order chi connectivity index (χ0) is 10.8. The van der Waals surface area contributed by atoms with Gasteiger partial charge in [0.25, 0.3) is 0 Å². The van der Waals surface area contributed by atoms with Crippen LogP contribution in [0.5, 0.6) is 0 Å². The summed E-state index contributed by atoms with van der Waals surface area (Å²) < 4.78 is 1.56. The lowest BCUT2D eigenvalue weighted by atomic mass is 10.1. The van der Waals surface area contributed by atoms with E-state index in [-0.39, 0.29) is 0 Å². The normalized spacial score (nSPS) is 10.9. The van der Waals surface area contributed by atoms with Crippen molar-refractivity contribution in [2.45, 2.75) is 6.92 Å². The molecule has 2 aromatic rings. The average molecular weight is 196 g/mol. The Morgan fingerprint density at radius 1 is 1.40 bits per heavy atom. The van der Waals surface area contributed by atoms with E-state index < -0.39 is 0 Å². The number of para-hydroxylation sites is 1. The van der Waals surface area contributed by atoms with Crippen molar-refractivity contribution in [1.82, 2.24) is 4.68 Å². The molecule has 2 nitrogen and oxygen atoms in total. The first-order valence-electron chi connectivity index (χ1n) is 4.77. The Morgan fingerprint density at radius 3 is 2.80 bits per heavy atom. The number of nitrogens with zero attached hydrogens (tertiary/aromatic N) is 1. The van der Waals surface area contributed by atoms with Gasteiger partial charge >= 0.3 is 0 Å². The van der Waals surface area contributed by atoms with Gasteiger partial charge in [0.15, 0.2) is 0 Å². The second-order valence-electron chi connectivity index (χ2n) is 3.29. The predicted octanol–water partition coefficient (Wildman–Crippen LogP) is 2.37. The second kappa shape index (κ2) is 3.55. The highest BCUT2D eigenvalue weighted by Gasteiger charge is 2.10. The van der Waals surface area contributed by atoms with Crippen LogP contribution in [0.3, 0.4) is 0 Å². The Kier molecular flexibility index (Phi) is 2.23. The molecule has 15 heavy (non-hydrogen) atoms. The second-order valence-corrected chi connectivity index (χ2v) is 3.29. The lowest BCUT2D eigenvalue weighted by Gasteiger charge is -1.96. The maximum atomic E-state index is 5.92. The van der Waals surface area contributed by atoms with E-state index >= 15 is 0 Å². The minimum absolute atomic E-state index is 0.717. The highest BCUT2D eigenvalue weighted by atomic mass is 15.3. The van der Waals surface area contributed by atoms with E-state index in [9.17, 15) is 0 Å². The number of nitrogens with two attached hydrogens (primary N) is 1. The minimum Gasteiger partial charge on any atom is -0.338 e. The van der Waals surface area contributed by atoms with Crippen molar-refractivity contribution in [2.24, 2.45) is 0 Å². The molecule has 74 valence electrons. The van der Waals surface area contributed by atoms with Crippen molar-refractivity contribution in [3.05, 3.63) is 41.6 Å². The Balaban J connectivity index is 2.93. The van der Waals surface area contributed by atoms with Crippen molar-refractivity contribution in [2.75, 3.05) is 5.84 Å². The summed E-state index contributed by atoms with van der Waals surface area (Å²) >= 11 is 0. The van der Waals surface area contributed by atoms with Crippen LogP contribution in [0, 0.1) is 12.3 Å². The third-order valence-corrected chi connectivity index (χ3v) is 2.42. The molecule has 1 aromatic heterocycles. The molecule has 0 fully saturated rings. The molecule has 0 amide bonds. The smallest absolute Gasteiger partial charge is 0.120 e. The van der Waals surface area contributed by atoms with E-state index in [1.807, 2.05) is 43.3 Å². The maximum Gasteiger partial charge on any atom is 0.120 e. The van der Waals surface area contributed by atoms with Crippen LogP contribution >= 0.6 is 0 Å². The maximum absolute atomic E-state index is 5.92. The van der Waals surface area contributed by atoms with Gasteiger partial charge in [-0.05, 0) is 18.9 Å². The largest absolute Gasteiger partial charge is 0.338 e. The van der Waals surface area contributed by atoms with Gasteiger partial charge in [-0.25, -0.2) is 0 Å². The Bertz CT molecular complexity index is 568. The molecule has 0 saturated carbocycles. The fourth-order valence-electron chi connectivity index (χ4n) is 1.77. The van der Waals surface area contributed by atoms with Gasteiger partial charge in [0.05, 0.1) is 5.52 Å².